The number of ether oxygens (including phenoxy) is 2. The largest absolute Gasteiger partial charge is 0.497 e. The number of rotatable bonds is 7. The lowest BCUT2D eigenvalue weighted by Crippen LogP contribution is -2.16. The van der Waals surface area contributed by atoms with Crippen LogP contribution in [-0.4, -0.2) is 42.7 Å². The van der Waals surface area contributed by atoms with E-state index in [1.807, 2.05) is 84.4 Å². The fourth-order valence-corrected chi connectivity index (χ4v) is 5.09. The Balaban J connectivity index is 1.26. The van der Waals surface area contributed by atoms with E-state index in [4.69, 9.17) is 24.4 Å². The Morgan fingerprint density at radius 3 is 2.44 bits per heavy atom. The molecule has 0 saturated carbocycles. The van der Waals surface area contributed by atoms with Gasteiger partial charge in [0.25, 0.3) is 0 Å². The van der Waals surface area contributed by atoms with Gasteiger partial charge in [-0.1, -0.05) is 53.7 Å². The number of methoxy groups -OCH3 is 1. The van der Waals surface area contributed by atoms with Gasteiger partial charge in [0, 0.05) is 0 Å². The topological polar surface area (TPSA) is 101 Å². The Morgan fingerprint density at radius 1 is 0.927 bits per heavy atom. The zero-order valence-corrected chi connectivity index (χ0v) is 22.4. The Kier molecular flexibility index (Phi) is 6.12. The molecule has 7 rings (SSSR count). The van der Waals surface area contributed by atoms with E-state index < -0.39 is 0 Å². The molecular weight excluding hydrogens is 518 g/mol. The fraction of sp³-hybridized carbons (Fsp3) is 0.129. The fourth-order valence-electron chi connectivity index (χ4n) is 5.09. The lowest BCUT2D eigenvalue weighted by Gasteiger charge is -2.26. The van der Waals surface area contributed by atoms with E-state index in [0.717, 1.165) is 39.4 Å². The van der Waals surface area contributed by atoms with Crippen molar-refractivity contribution in [3.05, 3.63) is 125 Å². The molecule has 0 N–H and O–H groups in total. The molecule has 10 nitrogen and oxygen atoms in total. The van der Waals surface area contributed by atoms with Crippen LogP contribution in [0.1, 0.15) is 39.7 Å². The van der Waals surface area contributed by atoms with E-state index in [2.05, 4.69) is 27.4 Å². The van der Waals surface area contributed by atoms with Crippen molar-refractivity contribution < 1.29 is 14.3 Å². The zero-order chi connectivity index (χ0) is 27.8. The lowest BCUT2D eigenvalue weighted by atomic mass is 9.84. The van der Waals surface area contributed by atoms with Crippen molar-refractivity contribution in [1.29, 1.82) is 0 Å². The van der Waals surface area contributed by atoms with Crippen LogP contribution in [0.4, 0.5) is 0 Å². The van der Waals surface area contributed by atoms with Gasteiger partial charge in [0.1, 0.15) is 12.1 Å². The predicted molar refractivity (Wildman–Crippen MR) is 152 cm³/mol. The number of hydrogen-bond donors (Lipinski definition) is 0. The van der Waals surface area contributed by atoms with Gasteiger partial charge >= 0.3 is 0 Å². The summed E-state index contributed by atoms with van der Waals surface area (Å²) in [6.45, 7) is 2.09. The van der Waals surface area contributed by atoms with Crippen molar-refractivity contribution in [3.63, 3.8) is 0 Å². The number of fused-ring (bicyclic) bond motifs is 4. The van der Waals surface area contributed by atoms with Gasteiger partial charge in [-0.05, 0) is 54.4 Å². The van der Waals surface area contributed by atoms with E-state index in [1.54, 1.807) is 24.2 Å². The molecule has 1 atom stereocenters. The first-order valence-electron chi connectivity index (χ1n) is 13.1. The maximum Gasteiger partial charge on any atom is 0.230 e. The molecule has 202 valence electrons. The highest BCUT2D eigenvalue weighted by atomic mass is 16.6. The third-order valence-corrected chi connectivity index (χ3v) is 6.98. The number of nitrogens with zero attached hydrogens (tertiary/aromatic N) is 7. The first-order chi connectivity index (χ1) is 20.2. The molecule has 0 aliphatic carbocycles. The molecule has 0 amide bonds. The minimum absolute atomic E-state index is 0.0934. The van der Waals surface area contributed by atoms with Gasteiger partial charge in [0.05, 0.1) is 41.8 Å². The minimum atomic E-state index is -0.213. The van der Waals surface area contributed by atoms with Gasteiger partial charge in [-0.25, -0.2) is 19.2 Å². The van der Waals surface area contributed by atoms with Crippen LogP contribution >= 0.6 is 0 Å². The Hall–Kier alpha value is -5.51. The molecular formula is C31H25N7O3. The summed E-state index contributed by atoms with van der Waals surface area (Å²) >= 11 is 0. The van der Waals surface area contributed by atoms with Crippen molar-refractivity contribution in [2.45, 2.75) is 19.4 Å². The summed E-state index contributed by atoms with van der Waals surface area (Å²) in [6.07, 6.45) is 3.24. The summed E-state index contributed by atoms with van der Waals surface area (Å²) in [6, 6.07) is 27.7. The van der Waals surface area contributed by atoms with E-state index in [0.29, 0.717) is 23.2 Å². The Morgan fingerprint density at radius 2 is 1.68 bits per heavy atom. The van der Waals surface area contributed by atoms with Gasteiger partial charge < -0.3 is 14.3 Å². The number of para-hydroxylation sites is 1. The monoisotopic (exact) mass is 543 g/mol. The molecule has 0 bridgehead atoms. The van der Waals surface area contributed by atoms with E-state index in [-0.39, 0.29) is 12.5 Å². The number of aryl methyl sites for hydroxylation is 1. The summed E-state index contributed by atoms with van der Waals surface area (Å²) in [5.74, 6) is 2.15. The molecule has 10 heteroatoms. The maximum atomic E-state index is 6.46. The molecule has 0 fully saturated rings. The van der Waals surface area contributed by atoms with E-state index >= 15 is 0 Å². The van der Waals surface area contributed by atoms with Crippen molar-refractivity contribution >= 4 is 11.9 Å². The summed E-state index contributed by atoms with van der Waals surface area (Å²) in [5.41, 5.74) is 6.16. The van der Waals surface area contributed by atoms with Crippen LogP contribution < -0.4 is 9.47 Å². The molecule has 0 spiro atoms. The van der Waals surface area contributed by atoms with Crippen LogP contribution in [0.15, 0.2) is 96.4 Å². The van der Waals surface area contributed by atoms with E-state index in [9.17, 15) is 0 Å². The quantitative estimate of drug-likeness (QED) is 0.194. The second-order valence-electron chi connectivity index (χ2n) is 9.54. The number of hydrogen-bond acceptors (Lipinski definition) is 8. The van der Waals surface area contributed by atoms with Crippen LogP contribution in [0.2, 0.25) is 0 Å². The molecule has 3 aromatic heterocycles. The molecule has 1 aliphatic rings. The minimum Gasteiger partial charge on any atom is -0.497 e. The SMILES string of the molecule is COc1ccc(/C=N\OCc2nc3c4c(ncn3n2)Oc2c(c(C)nn2-c2ccccc2)[C@H]4c2ccccc2)cc1. The molecule has 4 heterocycles. The van der Waals surface area contributed by atoms with Gasteiger partial charge in [0.15, 0.2) is 18.1 Å². The van der Waals surface area contributed by atoms with Gasteiger partial charge in [-0.2, -0.15) is 5.10 Å². The van der Waals surface area contributed by atoms with Gasteiger partial charge in [0.2, 0.25) is 11.8 Å². The number of benzene rings is 3. The number of aromatic nitrogens is 6. The van der Waals surface area contributed by atoms with Crippen molar-refractivity contribution in [2.75, 3.05) is 7.11 Å². The smallest absolute Gasteiger partial charge is 0.230 e. The van der Waals surface area contributed by atoms with Crippen LogP contribution in [0.3, 0.4) is 0 Å². The predicted octanol–water partition coefficient (Wildman–Crippen LogP) is 5.46. The van der Waals surface area contributed by atoms with Gasteiger partial charge in [-0.15, -0.1) is 5.10 Å². The highest BCUT2D eigenvalue weighted by Crippen LogP contribution is 2.49. The lowest BCUT2D eigenvalue weighted by molar-refractivity contribution is 0.126. The van der Waals surface area contributed by atoms with Crippen molar-refractivity contribution in [1.82, 2.24) is 29.4 Å². The molecule has 0 unspecified atom stereocenters. The summed E-state index contributed by atoms with van der Waals surface area (Å²) in [4.78, 5) is 15.0. The standard InChI is InChI=1S/C31H25N7O3/c1-20-26-27(22-9-5-3-6-10-22)28-29-34-25(18-40-33-17-21-13-15-24(39-2)16-14-21)36-37(29)19-32-30(28)41-31(26)38(35-20)23-11-7-4-8-12-23/h3-17,19,27H,18H2,1-2H3/b33-17-/t27-/m1/s1. The molecule has 3 aromatic carbocycles. The van der Waals surface area contributed by atoms with E-state index in [1.165, 1.54) is 0 Å². The number of oxime groups is 1. The second-order valence-corrected chi connectivity index (χ2v) is 9.54. The highest BCUT2D eigenvalue weighted by Gasteiger charge is 2.38. The van der Waals surface area contributed by atoms with Crippen molar-refractivity contribution in [2.24, 2.45) is 5.16 Å². The second kappa shape index (κ2) is 10.2. The first kappa shape index (κ1) is 24.5. The molecule has 41 heavy (non-hydrogen) atoms. The summed E-state index contributed by atoms with van der Waals surface area (Å²) in [5, 5.41) is 13.5. The third-order valence-electron chi connectivity index (χ3n) is 6.98. The van der Waals surface area contributed by atoms with Crippen molar-refractivity contribution in [3.8, 4) is 23.2 Å². The average molecular weight is 544 g/mol. The van der Waals surface area contributed by atoms with Crippen LogP contribution in [0.5, 0.6) is 17.5 Å². The maximum absolute atomic E-state index is 6.46. The van der Waals surface area contributed by atoms with Gasteiger partial charge in [-0.3, -0.25) is 0 Å². The Bertz CT molecular complexity index is 1860. The molecule has 1 aliphatic heterocycles. The average Bonchev–Trinajstić information content (AvgIpc) is 3.60. The first-order valence-corrected chi connectivity index (χ1v) is 13.1. The molecule has 6 aromatic rings. The summed E-state index contributed by atoms with van der Waals surface area (Å²) < 4.78 is 15.1. The van der Waals surface area contributed by atoms with Crippen LogP contribution in [-0.2, 0) is 11.4 Å². The van der Waals surface area contributed by atoms with Crippen LogP contribution in [0, 0.1) is 6.92 Å². The molecule has 0 saturated heterocycles. The molecule has 0 radical (unpaired) electrons. The normalized spacial score (nSPS) is 14.0. The summed E-state index contributed by atoms with van der Waals surface area (Å²) in [7, 11) is 1.63. The highest BCUT2D eigenvalue weighted by molar-refractivity contribution is 5.79. The Labute approximate surface area is 235 Å². The zero-order valence-electron chi connectivity index (χ0n) is 22.4. The third kappa shape index (κ3) is 4.45. The van der Waals surface area contributed by atoms with Crippen LogP contribution in [0.25, 0.3) is 11.3 Å².